The fourth-order valence-corrected chi connectivity index (χ4v) is 2.84. The summed E-state index contributed by atoms with van der Waals surface area (Å²) in [6, 6.07) is 3.61. The van der Waals surface area contributed by atoms with Crippen LogP contribution in [0.3, 0.4) is 0 Å². The average Bonchev–Trinajstić information content (AvgIpc) is 2.59. The highest BCUT2D eigenvalue weighted by molar-refractivity contribution is 5.80. The number of hydrogen-bond acceptors (Lipinski definition) is 6. The zero-order valence-electron chi connectivity index (χ0n) is 13.4. The van der Waals surface area contributed by atoms with Crippen molar-refractivity contribution in [3.8, 4) is 0 Å². The number of rotatable bonds is 6. The lowest BCUT2D eigenvalue weighted by Gasteiger charge is -2.33. The fourth-order valence-electron chi connectivity index (χ4n) is 2.84. The fraction of sp³-hybridized carbons (Fsp3) is 0.533. The molecule has 1 unspecified atom stereocenters. The van der Waals surface area contributed by atoms with E-state index in [1.807, 2.05) is 6.92 Å². The molecule has 1 heterocycles. The summed E-state index contributed by atoms with van der Waals surface area (Å²) >= 11 is 0. The molecule has 0 aliphatic carbocycles. The molecule has 1 aliphatic rings. The first-order valence-corrected chi connectivity index (χ1v) is 7.89. The third kappa shape index (κ3) is 3.98. The minimum atomic E-state index is -0.659. The van der Waals surface area contributed by atoms with Gasteiger partial charge < -0.3 is 10.2 Å². The van der Waals surface area contributed by atoms with Gasteiger partial charge in [0.05, 0.1) is 21.8 Å². The Morgan fingerprint density at radius 3 is 2.71 bits per heavy atom. The molecule has 24 heavy (non-hydrogen) atoms. The number of nitrogens with zero attached hydrogens (tertiary/aromatic N) is 3. The van der Waals surface area contributed by atoms with Crippen molar-refractivity contribution < 1.29 is 14.6 Å². The van der Waals surface area contributed by atoms with E-state index in [9.17, 15) is 25.0 Å². The van der Waals surface area contributed by atoms with Crippen molar-refractivity contribution in [1.82, 2.24) is 5.32 Å². The zero-order valence-corrected chi connectivity index (χ0v) is 13.4. The molecule has 0 radical (unpaired) electrons. The summed E-state index contributed by atoms with van der Waals surface area (Å²) in [7, 11) is 0. The summed E-state index contributed by atoms with van der Waals surface area (Å²) in [4.78, 5) is 34.7. The maximum absolute atomic E-state index is 12.1. The third-order valence-electron chi connectivity index (χ3n) is 4.05. The monoisotopic (exact) mass is 336 g/mol. The highest BCUT2D eigenvalue weighted by Gasteiger charge is 2.30. The van der Waals surface area contributed by atoms with Crippen molar-refractivity contribution in [2.24, 2.45) is 5.92 Å². The smallest absolute Gasteiger partial charge is 0.299 e. The molecule has 2 rings (SSSR count). The Labute approximate surface area is 138 Å². The topological polar surface area (TPSA) is 119 Å². The maximum atomic E-state index is 12.1. The van der Waals surface area contributed by atoms with Crippen LogP contribution in [0.15, 0.2) is 18.2 Å². The van der Waals surface area contributed by atoms with Gasteiger partial charge in [-0.2, -0.15) is 0 Å². The predicted molar refractivity (Wildman–Crippen MR) is 88.0 cm³/mol. The van der Waals surface area contributed by atoms with Crippen molar-refractivity contribution in [1.29, 1.82) is 0 Å². The van der Waals surface area contributed by atoms with Crippen LogP contribution < -0.4 is 10.2 Å². The molecule has 1 atom stereocenters. The summed E-state index contributed by atoms with van der Waals surface area (Å²) in [5, 5.41) is 24.9. The Bertz CT molecular complexity index is 649. The van der Waals surface area contributed by atoms with Gasteiger partial charge in [-0.15, -0.1) is 0 Å². The van der Waals surface area contributed by atoms with Crippen LogP contribution in [-0.2, 0) is 4.79 Å². The minimum absolute atomic E-state index is 0.0499. The standard InChI is InChI=1S/C15H20N4O5/c1-2-7-16-15(20)11-4-3-8-17(10-11)13-6-5-12(18(21)22)9-14(13)19(23)24/h5-6,9,11H,2-4,7-8,10H2,1H3,(H,16,20). The molecule has 1 amide bonds. The van der Waals surface area contributed by atoms with Gasteiger partial charge in [-0.3, -0.25) is 25.0 Å². The Balaban J connectivity index is 2.22. The Morgan fingerprint density at radius 2 is 2.08 bits per heavy atom. The van der Waals surface area contributed by atoms with Gasteiger partial charge in [0.1, 0.15) is 5.69 Å². The largest absolute Gasteiger partial charge is 0.365 e. The van der Waals surface area contributed by atoms with Crippen LogP contribution in [-0.4, -0.2) is 35.4 Å². The van der Waals surface area contributed by atoms with Gasteiger partial charge in [0.25, 0.3) is 11.4 Å². The van der Waals surface area contributed by atoms with E-state index < -0.39 is 9.85 Å². The Hall–Kier alpha value is -2.71. The molecular formula is C15H20N4O5. The molecule has 1 aliphatic heterocycles. The second kappa shape index (κ2) is 7.71. The van der Waals surface area contributed by atoms with Crippen molar-refractivity contribution in [3.05, 3.63) is 38.4 Å². The molecule has 0 saturated carbocycles. The van der Waals surface area contributed by atoms with Crippen LogP contribution in [0.1, 0.15) is 26.2 Å². The number of nitro groups is 2. The highest BCUT2D eigenvalue weighted by atomic mass is 16.6. The number of carbonyl (C=O) groups is 1. The van der Waals surface area contributed by atoms with Gasteiger partial charge in [-0.25, -0.2) is 0 Å². The number of hydrogen-bond donors (Lipinski definition) is 1. The average molecular weight is 336 g/mol. The van der Waals surface area contributed by atoms with E-state index in [2.05, 4.69) is 5.32 Å². The van der Waals surface area contributed by atoms with E-state index in [0.717, 1.165) is 25.3 Å². The summed E-state index contributed by atoms with van der Waals surface area (Å²) in [6.45, 7) is 3.52. The van der Waals surface area contributed by atoms with E-state index in [4.69, 9.17) is 0 Å². The summed E-state index contributed by atoms with van der Waals surface area (Å²) in [5.74, 6) is -0.286. The molecule has 1 saturated heterocycles. The number of nitro benzene ring substituents is 2. The lowest BCUT2D eigenvalue weighted by molar-refractivity contribution is -0.393. The van der Waals surface area contributed by atoms with Gasteiger partial charge in [0.2, 0.25) is 5.91 Å². The van der Waals surface area contributed by atoms with Crippen molar-refractivity contribution in [2.45, 2.75) is 26.2 Å². The Kier molecular flexibility index (Phi) is 5.67. The SMILES string of the molecule is CCCNC(=O)C1CCCN(c2ccc([N+](=O)[O-])cc2[N+](=O)[O-])C1. The van der Waals surface area contributed by atoms with Crippen LogP contribution in [0.25, 0.3) is 0 Å². The predicted octanol–water partition coefficient (Wildman–Crippen LogP) is 2.25. The van der Waals surface area contributed by atoms with Gasteiger partial charge >= 0.3 is 0 Å². The van der Waals surface area contributed by atoms with Crippen LogP contribution in [0.4, 0.5) is 17.1 Å². The van der Waals surface area contributed by atoms with Gasteiger partial charge in [-0.1, -0.05) is 6.92 Å². The first-order valence-electron chi connectivity index (χ1n) is 7.89. The highest BCUT2D eigenvalue weighted by Crippen LogP contribution is 2.34. The summed E-state index contributed by atoms with van der Waals surface area (Å²) in [5.41, 5.74) is -0.308. The zero-order chi connectivity index (χ0) is 17.7. The summed E-state index contributed by atoms with van der Waals surface area (Å²) in [6.07, 6.45) is 2.31. The van der Waals surface area contributed by atoms with Crippen molar-refractivity contribution >= 4 is 23.0 Å². The van der Waals surface area contributed by atoms with E-state index in [1.165, 1.54) is 12.1 Å². The second-order valence-electron chi connectivity index (χ2n) is 5.76. The van der Waals surface area contributed by atoms with Crippen LogP contribution in [0.2, 0.25) is 0 Å². The van der Waals surface area contributed by atoms with Crippen LogP contribution >= 0.6 is 0 Å². The molecule has 130 valence electrons. The van der Waals surface area contributed by atoms with Gasteiger partial charge in [0, 0.05) is 25.7 Å². The Morgan fingerprint density at radius 1 is 1.33 bits per heavy atom. The van der Waals surface area contributed by atoms with Crippen molar-refractivity contribution in [2.75, 3.05) is 24.5 Å². The molecule has 0 bridgehead atoms. The molecule has 9 nitrogen and oxygen atoms in total. The molecule has 0 aromatic heterocycles. The van der Waals surface area contributed by atoms with E-state index in [0.29, 0.717) is 25.3 Å². The van der Waals surface area contributed by atoms with Gasteiger partial charge in [-0.05, 0) is 25.3 Å². The lowest BCUT2D eigenvalue weighted by atomic mass is 9.96. The normalized spacial score (nSPS) is 17.4. The van der Waals surface area contributed by atoms with Crippen molar-refractivity contribution in [3.63, 3.8) is 0 Å². The number of amides is 1. The lowest BCUT2D eigenvalue weighted by Crippen LogP contribution is -2.43. The number of non-ortho nitro benzene ring substituents is 1. The summed E-state index contributed by atoms with van der Waals surface area (Å²) < 4.78 is 0. The molecule has 9 heteroatoms. The maximum Gasteiger partial charge on any atom is 0.299 e. The minimum Gasteiger partial charge on any atom is -0.365 e. The molecule has 1 fully saturated rings. The molecular weight excluding hydrogens is 316 g/mol. The molecule has 1 aromatic carbocycles. The number of nitrogens with one attached hydrogen (secondary N) is 1. The van der Waals surface area contributed by atoms with Crippen LogP contribution in [0, 0.1) is 26.1 Å². The van der Waals surface area contributed by atoms with Gasteiger partial charge in [0.15, 0.2) is 0 Å². The molecule has 1 aromatic rings. The van der Waals surface area contributed by atoms with E-state index in [1.54, 1.807) is 4.90 Å². The number of anilines is 1. The molecule has 0 spiro atoms. The quantitative estimate of drug-likeness (QED) is 0.628. The van der Waals surface area contributed by atoms with E-state index in [-0.39, 0.29) is 23.2 Å². The number of carbonyl (C=O) groups excluding carboxylic acids is 1. The number of piperidine rings is 1. The first-order chi connectivity index (χ1) is 11.4. The molecule has 1 N–H and O–H groups in total. The first kappa shape index (κ1) is 17.6. The third-order valence-corrected chi connectivity index (χ3v) is 4.05. The second-order valence-corrected chi connectivity index (χ2v) is 5.76. The van der Waals surface area contributed by atoms with E-state index >= 15 is 0 Å². The number of benzene rings is 1. The van der Waals surface area contributed by atoms with Crippen LogP contribution in [0.5, 0.6) is 0 Å².